The molecule has 0 amide bonds. The molecule has 4 nitrogen and oxygen atoms in total. The van der Waals surface area contributed by atoms with Crippen molar-refractivity contribution < 1.29 is 0 Å². The maximum Gasteiger partial charge on any atom is 0.128 e. The van der Waals surface area contributed by atoms with E-state index in [4.69, 9.17) is 0 Å². The van der Waals surface area contributed by atoms with Gasteiger partial charge in [-0.1, -0.05) is 24.3 Å². The summed E-state index contributed by atoms with van der Waals surface area (Å²) in [4.78, 5) is 9.39. The minimum atomic E-state index is 1.05. The molecule has 22 heavy (non-hydrogen) atoms. The van der Waals surface area contributed by atoms with Crippen molar-refractivity contribution in [1.29, 1.82) is 0 Å². The van der Waals surface area contributed by atoms with Crippen LogP contribution in [0, 0.1) is 0 Å². The van der Waals surface area contributed by atoms with Crippen LogP contribution >= 0.6 is 0 Å². The van der Waals surface area contributed by atoms with Crippen molar-refractivity contribution in [3.05, 3.63) is 53.7 Å². The van der Waals surface area contributed by atoms with Gasteiger partial charge < -0.3 is 10.2 Å². The fourth-order valence-corrected chi connectivity index (χ4v) is 3.46. The van der Waals surface area contributed by atoms with Gasteiger partial charge in [-0.3, -0.25) is 4.90 Å². The molecule has 114 valence electrons. The van der Waals surface area contributed by atoms with Crippen LogP contribution in [0.4, 0.5) is 11.5 Å². The van der Waals surface area contributed by atoms with Gasteiger partial charge in [-0.2, -0.15) is 0 Å². The minimum absolute atomic E-state index is 1.05. The number of para-hydroxylation sites is 1. The van der Waals surface area contributed by atoms with E-state index in [1.165, 1.54) is 16.8 Å². The van der Waals surface area contributed by atoms with Crippen LogP contribution in [0.1, 0.15) is 11.1 Å². The molecular weight excluding hydrogens is 272 g/mol. The molecule has 0 unspecified atom stereocenters. The van der Waals surface area contributed by atoms with Gasteiger partial charge in [0.25, 0.3) is 0 Å². The summed E-state index contributed by atoms with van der Waals surface area (Å²) in [6.07, 6.45) is 3.04. The van der Waals surface area contributed by atoms with Gasteiger partial charge in [0.15, 0.2) is 0 Å². The Morgan fingerprint density at radius 3 is 2.73 bits per heavy atom. The first-order valence-electron chi connectivity index (χ1n) is 8.13. The van der Waals surface area contributed by atoms with E-state index in [1.807, 2.05) is 12.3 Å². The highest BCUT2D eigenvalue weighted by Gasteiger charge is 2.20. The standard InChI is InChI=1S/C18H22N4/c1-2-8-19-17(6-1)22-12-10-21(11-13-22)14-16-5-3-4-15-7-9-20-18(15)16/h1-6,8,20H,7,9-14H2. The van der Waals surface area contributed by atoms with Crippen LogP contribution in [0.2, 0.25) is 0 Å². The van der Waals surface area contributed by atoms with Gasteiger partial charge in [0.1, 0.15) is 5.82 Å². The molecule has 0 aliphatic carbocycles. The monoisotopic (exact) mass is 294 g/mol. The molecule has 1 saturated heterocycles. The molecule has 2 aromatic rings. The Hall–Kier alpha value is -2.07. The zero-order valence-electron chi connectivity index (χ0n) is 12.8. The van der Waals surface area contributed by atoms with Crippen molar-refractivity contribution in [2.45, 2.75) is 13.0 Å². The van der Waals surface area contributed by atoms with Gasteiger partial charge >= 0.3 is 0 Å². The van der Waals surface area contributed by atoms with Crippen LogP contribution in [-0.2, 0) is 13.0 Å². The number of nitrogens with zero attached hydrogens (tertiary/aromatic N) is 3. The average molecular weight is 294 g/mol. The second-order valence-electron chi connectivity index (χ2n) is 6.08. The molecule has 4 rings (SSSR count). The third-order valence-electron chi connectivity index (χ3n) is 4.67. The smallest absolute Gasteiger partial charge is 0.128 e. The summed E-state index contributed by atoms with van der Waals surface area (Å²) >= 11 is 0. The number of nitrogens with one attached hydrogen (secondary N) is 1. The van der Waals surface area contributed by atoms with E-state index in [-0.39, 0.29) is 0 Å². The van der Waals surface area contributed by atoms with Crippen molar-refractivity contribution in [3.8, 4) is 0 Å². The van der Waals surface area contributed by atoms with E-state index in [0.29, 0.717) is 0 Å². The van der Waals surface area contributed by atoms with E-state index in [0.717, 1.165) is 51.5 Å². The highest BCUT2D eigenvalue weighted by molar-refractivity contribution is 5.61. The Morgan fingerprint density at radius 2 is 1.91 bits per heavy atom. The van der Waals surface area contributed by atoms with Crippen LogP contribution in [-0.4, -0.2) is 42.6 Å². The highest BCUT2D eigenvalue weighted by atomic mass is 15.3. The van der Waals surface area contributed by atoms with Crippen molar-refractivity contribution >= 4 is 11.5 Å². The average Bonchev–Trinajstić information content (AvgIpc) is 3.06. The number of anilines is 2. The van der Waals surface area contributed by atoms with Gasteiger partial charge in [0.2, 0.25) is 0 Å². The first-order valence-corrected chi connectivity index (χ1v) is 8.13. The molecule has 0 bridgehead atoms. The minimum Gasteiger partial charge on any atom is -0.384 e. The zero-order valence-corrected chi connectivity index (χ0v) is 12.8. The number of hydrogen-bond donors (Lipinski definition) is 1. The molecule has 1 N–H and O–H groups in total. The largest absolute Gasteiger partial charge is 0.384 e. The summed E-state index contributed by atoms with van der Waals surface area (Å²) in [6, 6.07) is 12.9. The quantitative estimate of drug-likeness (QED) is 0.942. The zero-order chi connectivity index (χ0) is 14.8. The molecular formula is C18H22N4. The number of benzene rings is 1. The Balaban J connectivity index is 1.40. The van der Waals surface area contributed by atoms with Gasteiger partial charge in [-0.15, -0.1) is 0 Å². The lowest BCUT2D eigenvalue weighted by Crippen LogP contribution is -2.46. The predicted molar refractivity (Wildman–Crippen MR) is 90.4 cm³/mol. The second kappa shape index (κ2) is 5.97. The maximum absolute atomic E-state index is 4.46. The van der Waals surface area contributed by atoms with Crippen LogP contribution in [0.15, 0.2) is 42.6 Å². The number of aromatic nitrogens is 1. The molecule has 4 heteroatoms. The fraction of sp³-hybridized carbons (Fsp3) is 0.389. The van der Waals surface area contributed by atoms with E-state index in [2.05, 4.69) is 50.4 Å². The summed E-state index contributed by atoms with van der Waals surface area (Å²) in [7, 11) is 0. The van der Waals surface area contributed by atoms with Crippen LogP contribution in [0.3, 0.4) is 0 Å². The molecule has 1 fully saturated rings. The summed E-state index contributed by atoms with van der Waals surface area (Å²) in [5.74, 6) is 1.10. The first-order chi connectivity index (χ1) is 10.9. The molecule has 1 aromatic heterocycles. The summed E-state index contributed by atoms with van der Waals surface area (Å²) in [5.41, 5.74) is 4.31. The number of piperazine rings is 1. The highest BCUT2D eigenvalue weighted by Crippen LogP contribution is 2.27. The lowest BCUT2D eigenvalue weighted by atomic mass is 10.1. The molecule has 0 radical (unpaired) electrons. The topological polar surface area (TPSA) is 31.4 Å². The third kappa shape index (κ3) is 2.66. The molecule has 1 aromatic carbocycles. The number of pyridine rings is 1. The van der Waals surface area contributed by atoms with Crippen LogP contribution in [0.25, 0.3) is 0 Å². The molecule has 2 aliphatic rings. The number of fused-ring (bicyclic) bond motifs is 1. The van der Waals surface area contributed by atoms with E-state index in [9.17, 15) is 0 Å². The molecule has 0 saturated carbocycles. The Morgan fingerprint density at radius 1 is 1.00 bits per heavy atom. The molecule has 0 spiro atoms. The normalized spacial score (nSPS) is 18.1. The van der Waals surface area contributed by atoms with Crippen molar-refractivity contribution in [2.75, 3.05) is 42.9 Å². The fourth-order valence-electron chi connectivity index (χ4n) is 3.46. The number of hydrogen-bond acceptors (Lipinski definition) is 4. The molecule has 0 atom stereocenters. The first kappa shape index (κ1) is 13.6. The molecule has 2 aliphatic heterocycles. The second-order valence-corrected chi connectivity index (χ2v) is 6.08. The SMILES string of the molecule is c1ccc(N2CCN(Cc3cccc4c3NCC4)CC2)nc1. The Kier molecular flexibility index (Phi) is 3.69. The van der Waals surface area contributed by atoms with Gasteiger partial charge in [0, 0.05) is 51.2 Å². The van der Waals surface area contributed by atoms with Crippen molar-refractivity contribution in [2.24, 2.45) is 0 Å². The summed E-state index contributed by atoms with van der Waals surface area (Å²) in [6.45, 7) is 6.44. The summed E-state index contributed by atoms with van der Waals surface area (Å²) < 4.78 is 0. The van der Waals surface area contributed by atoms with E-state index < -0.39 is 0 Å². The van der Waals surface area contributed by atoms with Gasteiger partial charge in [0.05, 0.1) is 0 Å². The summed E-state index contributed by atoms with van der Waals surface area (Å²) in [5, 5.41) is 3.55. The maximum atomic E-state index is 4.46. The van der Waals surface area contributed by atoms with Crippen LogP contribution < -0.4 is 10.2 Å². The van der Waals surface area contributed by atoms with E-state index >= 15 is 0 Å². The lowest BCUT2D eigenvalue weighted by Gasteiger charge is -2.35. The van der Waals surface area contributed by atoms with Gasteiger partial charge in [-0.05, 0) is 29.7 Å². The van der Waals surface area contributed by atoms with Crippen LogP contribution in [0.5, 0.6) is 0 Å². The van der Waals surface area contributed by atoms with Crippen molar-refractivity contribution in [1.82, 2.24) is 9.88 Å². The van der Waals surface area contributed by atoms with Gasteiger partial charge in [-0.25, -0.2) is 4.98 Å². The Bertz CT molecular complexity index is 633. The van der Waals surface area contributed by atoms with Crippen molar-refractivity contribution in [3.63, 3.8) is 0 Å². The van der Waals surface area contributed by atoms with E-state index in [1.54, 1.807) is 0 Å². The third-order valence-corrected chi connectivity index (χ3v) is 4.67. The molecule has 3 heterocycles. The predicted octanol–water partition coefficient (Wildman–Crippen LogP) is 2.37. The number of rotatable bonds is 3. The lowest BCUT2D eigenvalue weighted by molar-refractivity contribution is 0.249. The Labute approximate surface area is 131 Å².